The summed E-state index contributed by atoms with van der Waals surface area (Å²) in [6.07, 6.45) is -0.317. The van der Waals surface area contributed by atoms with E-state index < -0.39 is 35.2 Å². The first kappa shape index (κ1) is 24.6. The van der Waals surface area contributed by atoms with Gasteiger partial charge in [-0.15, -0.1) is 0 Å². The summed E-state index contributed by atoms with van der Waals surface area (Å²) in [7, 11) is -3.71. The highest BCUT2D eigenvalue weighted by atomic mass is 32.2. The fourth-order valence-electron chi connectivity index (χ4n) is 3.56. The molecule has 0 unspecified atom stereocenters. The number of amides is 1. The van der Waals surface area contributed by atoms with E-state index in [0.29, 0.717) is 25.1 Å². The van der Waals surface area contributed by atoms with E-state index in [9.17, 15) is 26.4 Å². The van der Waals surface area contributed by atoms with E-state index >= 15 is 0 Å². The number of nitrogens with zero attached hydrogens (tertiary/aromatic N) is 2. The molecular weight excluding hydrogens is 419 g/mol. The summed E-state index contributed by atoms with van der Waals surface area (Å²) in [4.78, 5) is 13.4. The first-order valence-corrected chi connectivity index (χ1v) is 11.7. The van der Waals surface area contributed by atoms with Crippen LogP contribution in [0.5, 0.6) is 0 Å². The third kappa shape index (κ3) is 7.24. The van der Waals surface area contributed by atoms with Gasteiger partial charge in [0, 0.05) is 18.8 Å². The molecule has 0 spiro atoms. The number of anilines is 1. The van der Waals surface area contributed by atoms with Crippen molar-refractivity contribution in [3.05, 3.63) is 23.8 Å². The molecule has 0 aromatic heterocycles. The second-order valence-corrected chi connectivity index (χ2v) is 9.58. The Hall–Kier alpha value is -1.65. The summed E-state index contributed by atoms with van der Waals surface area (Å²) in [5.41, 5.74) is 0.810. The third-order valence-electron chi connectivity index (χ3n) is 4.96. The van der Waals surface area contributed by atoms with Gasteiger partial charge in [0.1, 0.15) is 0 Å². The minimum atomic E-state index is -4.40. The Morgan fingerprint density at radius 1 is 1.17 bits per heavy atom. The van der Waals surface area contributed by atoms with Crippen LogP contribution in [0.2, 0.25) is 0 Å². The Bertz CT molecular complexity index is 820. The molecule has 1 saturated heterocycles. The second-order valence-electron chi connectivity index (χ2n) is 7.67. The lowest BCUT2D eigenvalue weighted by atomic mass is 10.2. The van der Waals surface area contributed by atoms with Crippen LogP contribution >= 0.6 is 0 Å². The maximum Gasteiger partial charge on any atom is 0.401 e. The number of alkyl halides is 3. The van der Waals surface area contributed by atoms with Crippen LogP contribution in [-0.2, 0) is 14.8 Å². The molecule has 1 N–H and O–H groups in total. The molecule has 6 nitrogen and oxygen atoms in total. The van der Waals surface area contributed by atoms with E-state index in [0.717, 1.165) is 30.6 Å². The minimum Gasteiger partial charge on any atom is -0.325 e. The van der Waals surface area contributed by atoms with Gasteiger partial charge < -0.3 is 5.32 Å². The Morgan fingerprint density at radius 3 is 2.37 bits per heavy atom. The number of rotatable bonds is 8. The molecule has 1 aliphatic rings. The predicted octanol–water partition coefficient (Wildman–Crippen LogP) is 3.77. The fraction of sp³-hybridized carbons (Fsp3) is 0.650. The van der Waals surface area contributed by atoms with Gasteiger partial charge in [0.25, 0.3) is 0 Å². The standard InChI is InChI=1S/C20H30F3N3O3S/c1-3-10-25(15-20(21,22)23)14-19(27)24-17-9-8-16(2)18(13-17)30(28,29)26-11-6-4-5-7-12-26/h8-9,13H,3-7,10-12,14-15H2,1-2H3,(H,24,27). The topological polar surface area (TPSA) is 69.7 Å². The molecule has 170 valence electrons. The highest BCUT2D eigenvalue weighted by Crippen LogP contribution is 2.26. The molecule has 1 amide bonds. The average molecular weight is 450 g/mol. The van der Waals surface area contributed by atoms with Gasteiger partial charge in [-0.05, 0) is 50.4 Å². The second kappa shape index (κ2) is 10.6. The van der Waals surface area contributed by atoms with Gasteiger partial charge in [0.2, 0.25) is 15.9 Å². The van der Waals surface area contributed by atoms with Crippen molar-refractivity contribution >= 4 is 21.6 Å². The van der Waals surface area contributed by atoms with E-state index in [1.165, 1.54) is 10.4 Å². The van der Waals surface area contributed by atoms with Crippen LogP contribution in [0, 0.1) is 6.92 Å². The van der Waals surface area contributed by atoms with E-state index in [4.69, 9.17) is 0 Å². The van der Waals surface area contributed by atoms with Crippen LogP contribution in [0.15, 0.2) is 23.1 Å². The maximum absolute atomic E-state index is 13.1. The van der Waals surface area contributed by atoms with Crippen molar-refractivity contribution in [2.45, 2.75) is 57.0 Å². The lowest BCUT2D eigenvalue weighted by molar-refractivity contribution is -0.147. The molecule has 0 saturated carbocycles. The molecule has 1 aliphatic heterocycles. The van der Waals surface area contributed by atoms with Crippen LogP contribution < -0.4 is 5.32 Å². The van der Waals surface area contributed by atoms with Crippen LogP contribution in [0.4, 0.5) is 18.9 Å². The van der Waals surface area contributed by atoms with Crippen molar-refractivity contribution in [1.29, 1.82) is 0 Å². The average Bonchev–Trinajstić information content (AvgIpc) is 2.92. The molecule has 1 heterocycles. The summed E-state index contributed by atoms with van der Waals surface area (Å²) in [5, 5.41) is 2.54. The summed E-state index contributed by atoms with van der Waals surface area (Å²) in [6, 6.07) is 4.55. The highest BCUT2D eigenvalue weighted by molar-refractivity contribution is 7.89. The highest BCUT2D eigenvalue weighted by Gasteiger charge is 2.31. The lowest BCUT2D eigenvalue weighted by Crippen LogP contribution is -2.40. The van der Waals surface area contributed by atoms with Crippen LogP contribution in [0.1, 0.15) is 44.6 Å². The number of benzene rings is 1. The number of hydrogen-bond donors (Lipinski definition) is 1. The minimum absolute atomic E-state index is 0.114. The maximum atomic E-state index is 13.1. The molecule has 1 fully saturated rings. The van der Waals surface area contributed by atoms with Crippen LogP contribution in [-0.4, -0.2) is 62.4 Å². The summed E-state index contributed by atoms with van der Waals surface area (Å²) in [5.74, 6) is -0.616. The van der Waals surface area contributed by atoms with Gasteiger partial charge in [-0.2, -0.15) is 17.5 Å². The van der Waals surface area contributed by atoms with E-state index in [1.807, 2.05) is 0 Å². The normalized spacial score (nSPS) is 16.5. The summed E-state index contributed by atoms with van der Waals surface area (Å²) < 4.78 is 65.8. The Kier molecular flexibility index (Phi) is 8.69. The first-order chi connectivity index (χ1) is 14.0. The monoisotopic (exact) mass is 449 g/mol. The molecule has 0 bridgehead atoms. The number of halogens is 3. The molecule has 0 aliphatic carbocycles. The molecule has 10 heteroatoms. The number of nitrogens with one attached hydrogen (secondary N) is 1. The number of carbonyl (C=O) groups is 1. The van der Waals surface area contributed by atoms with Gasteiger partial charge >= 0.3 is 6.18 Å². The van der Waals surface area contributed by atoms with Crippen molar-refractivity contribution in [2.24, 2.45) is 0 Å². The predicted molar refractivity (Wildman–Crippen MR) is 110 cm³/mol. The van der Waals surface area contributed by atoms with Crippen molar-refractivity contribution in [3.8, 4) is 0 Å². The lowest BCUT2D eigenvalue weighted by Gasteiger charge is -2.23. The first-order valence-electron chi connectivity index (χ1n) is 10.2. The largest absolute Gasteiger partial charge is 0.401 e. The van der Waals surface area contributed by atoms with Crippen molar-refractivity contribution in [2.75, 3.05) is 38.0 Å². The molecule has 1 aromatic rings. The van der Waals surface area contributed by atoms with Gasteiger partial charge in [-0.1, -0.05) is 25.8 Å². The van der Waals surface area contributed by atoms with Crippen LogP contribution in [0.3, 0.4) is 0 Å². The molecule has 30 heavy (non-hydrogen) atoms. The Morgan fingerprint density at radius 2 is 1.80 bits per heavy atom. The zero-order valence-corrected chi connectivity index (χ0v) is 18.3. The number of aryl methyl sites for hydroxylation is 1. The summed E-state index contributed by atoms with van der Waals surface area (Å²) >= 11 is 0. The number of carbonyl (C=O) groups excluding carboxylic acids is 1. The third-order valence-corrected chi connectivity index (χ3v) is 7.01. The number of hydrogen-bond acceptors (Lipinski definition) is 4. The molecule has 2 rings (SSSR count). The van der Waals surface area contributed by atoms with Crippen LogP contribution in [0.25, 0.3) is 0 Å². The van der Waals surface area contributed by atoms with Crippen molar-refractivity contribution in [1.82, 2.24) is 9.21 Å². The van der Waals surface area contributed by atoms with E-state index in [2.05, 4.69) is 5.32 Å². The van der Waals surface area contributed by atoms with Gasteiger partial charge in [-0.25, -0.2) is 8.42 Å². The zero-order valence-electron chi connectivity index (χ0n) is 17.5. The zero-order chi connectivity index (χ0) is 22.4. The van der Waals surface area contributed by atoms with Gasteiger partial charge in [0.15, 0.2) is 0 Å². The molecular formula is C20H30F3N3O3S. The summed E-state index contributed by atoms with van der Waals surface area (Å²) in [6.45, 7) is 2.88. The quantitative estimate of drug-likeness (QED) is 0.656. The van der Waals surface area contributed by atoms with E-state index in [1.54, 1.807) is 26.0 Å². The Balaban J connectivity index is 2.14. The van der Waals surface area contributed by atoms with Gasteiger partial charge in [0.05, 0.1) is 18.0 Å². The Labute approximate surface area is 176 Å². The molecule has 0 atom stereocenters. The SMILES string of the molecule is CCCN(CC(=O)Nc1ccc(C)c(S(=O)(=O)N2CCCCCC2)c1)CC(F)(F)F. The molecule has 0 radical (unpaired) electrons. The smallest absolute Gasteiger partial charge is 0.325 e. The number of sulfonamides is 1. The van der Waals surface area contributed by atoms with Gasteiger partial charge in [-0.3, -0.25) is 9.69 Å². The van der Waals surface area contributed by atoms with E-state index in [-0.39, 0.29) is 17.1 Å². The fourth-order valence-corrected chi connectivity index (χ4v) is 5.33. The van der Waals surface area contributed by atoms with Crippen molar-refractivity contribution < 1.29 is 26.4 Å². The van der Waals surface area contributed by atoms with Crippen molar-refractivity contribution in [3.63, 3.8) is 0 Å². The molecule has 1 aromatic carbocycles.